The number of methoxy groups -OCH3 is 1. The molecule has 126 valence electrons. The number of thiophene rings is 1. The molecule has 2 saturated heterocycles. The summed E-state index contributed by atoms with van der Waals surface area (Å²) in [5, 5.41) is 4.74. The molecule has 5 nitrogen and oxygen atoms in total. The van der Waals surface area contributed by atoms with Crippen LogP contribution >= 0.6 is 11.3 Å². The van der Waals surface area contributed by atoms with Crippen LogP contribution in [0, 0.1) is 5.92 Å². The smallest absolute Gasteiger partial charge is 0.251 e. The van der Waals surface area contributed by atoms with Crippen molar-refractivity contribution in [2.45, 2.75) is 12.5 Å². The molecule has 2 aliphatic rings. The van der Waals surface area contributed by atoms with Crippen molar-refractivity contribution in [3.8, 4) is 15.9 Å². The molecule has 24 heavy (non-hydrogen) atoms. The Bertz CT molecular complexity index is 728. The summed E-state index contributed by atoms with van der Waals surface area (Å²) in [4.78, 5) is 14.8. The van der Waals surface area contributed by atoms with Gasteiger partial charge in [-0.05, 0) is 55.3 Å². The van der Waals surface area contributed by atoms with E-state index in [2.05, 4.69) is 10.2 Å². The van der Waals surface area contributed by atoms with Gasteiger partial charge in [0.05, 0.1) is 7.11 Å². The number of fused-ring (bicyclic) bond motifs is 2. The van der Waals surface area contributed by atoms with E-state index >= 15 is 0 Å². The van der Waals surface area contributed by atoms with E-state index in [4.69, 9.17) is 9.47 Å². The molecule has 2 bridgehead atoms. The van der Waals surface area contributed by atoms with Gasteiger partial charge in [-0.25, -0.2) is 0 Å². The summed E-state index contributed by atoms with van der Waals surface area (Å²) in [5.74, 6) is 1.32. The molecule has 6 heteroatoms. The molecule has 0 spiro atoms. The molecule has 1 aromatic carbocycles. The van der Waals surface area contributed by atoms with Gasteiger partial charge in [-0.1, -0.05) is 11.3 Å². The van der Waals surface area contributed by atoms with Crippen LogP contribution < -0.4 is 14.8 Å². The maximum atomic E-state index is 12.4. The van der Waals surface area contributed by atoms with E-state index in [1.807, 2.05) is 36.4 Å². The number of hydrogen-bond donors (Lipinski definition) is 1. The van der Waals surface area contributed by atoms with E-state index in [1.165, 1.54) is 24.3 Å². The van der Waals surface area contributed by atoms with Crippen molar-refractivity contribution in [2.24, 2.45) is 5.92 Å². The van der Waals surface area contributed by atoms with E-state index in [1.54, 1.807) is 7.11 Å². The second kappa shape index (κ2) is 6.45. The van der Waals surface area contributed by atoms with E-state index in [-0.39, 0.29) is 5.91 Å². The Labute approximate surface area is 145 Å². The summed E-state index contributed by atoms with van der Waals surface area (Å²) in [6, 6.07) is 11.3. The Morgan fingerprint density at radius 2 is 1.96 bits per heavy atom. The van der Waals surface area contributed by atoms with Crippen LogP contribution in [0.3, 0.4) is 0 Å². The standard InChI is InChI=1S/C18H20N2O3S/c1-22-16-6-7-17(24-16)23-14-4-2-12(3-5-14)18(21)19-15-11-20-9-8-13(15)10-20/h2-7,13,15H,8-11H2,1H3,(H,19,21)/t13-,15?/m0/s1. The Kier molecular flexibility index (Phi) is 4.16. The molecule has 1 aromatic heterocycles. The number of nitrogens with zero attached hydrogens (tertiary/aromatic N) is 1. The minimum atomic E-state index is -0.00177. The van der Waals surface area contributed by atoms with Crippen molar-refractivity contribution >= 4 is 17.2 Å². The monoisotopic (exact) mass is 344 g/mol. The van der Waals surface area contributed by atoms with Crippen LogP contribution in [0.1, 0.15) is 16.8 Å². The average molecular weight is 344 g/mol. The van der Waals surface area contributed by atoms with Crippen molar-refractivity contribution < 1.29 is 14.3 Å². The highest BCUT2D eigenvalue weighted by molar-refractivity contribution is 7.15. The van der Waals surface area contributed by atoms with Gasteiger partial charge in [-0.2, -0.15) is 0 Å². The Morgan fingerprint density at radius 3 is 2.58 bits per heavy atom. The summed E-state index contributed by atoms with van der Waals surface area (Å²) in [6.45, 7) is 3.29. The van der Waals surface area contributed by atoms with E-state index in [9.17, 15) is 4.79 Å². The summed E-state index contributed by atoms with van der Waals surface area (Å²) < 4.78 is 10.9. The minimum Gasteiger partial charge on any atom is -0.487 e. The first-order valence-electron chi connectivity index (χ1n) is 8.16. The van der Waals surface area contributed by atoms with Crippen LogP contribution in [0.5, 0.6) is 15.9 Å². The van der Waals surface area contributed by atoms with Crippen molar-refractivity contribution in [3.05, 3.63) is 42.0 Å². The molecule has 3 heterocycles. The van der Waals surface area contributed by atoms with Crippen LogP contribution in [0.2, 0.25) is 0 Å². The van der Waals surface area contributed by atoms with Gasteiger partial charge in [0, 0.05) is 24.7 Å². The summed E-state index contributed by atoms with van der Waals surface area (Å²) in [5.41, 5.74) is 0.670. The lowest BCUT2D eigenvalue weighted by Crippen LogP contribution is -2.43. The lowest BCUT2D eigenvalue weighted by atomic mass is 9.99. The average Bonchev–Trinajstić information content (AvgIpc) is 3.32. The SMILES string of the molecule is COc1ccc(Oc2ccc(C(=O)NC3CN4CC[C@H]3C4)cc2)s1. The second-order valence-electron chi connectivity index (χ2n) is 6.29. The van der Waals surface area contributed by atoms with Crippen LogP contribution in [0.15, 0.2) is 36.4 Å². The number of carbonyl (C=O) groups is 1. The number of piperidine rings is 1. The molecule has 2 aliphatic heterocycles. The Hall–Kier alpha value is -2.05. The highest BCUT2D eigenvalue weighted by Gasteiger charge is 2.38. The molecule has 3 atom stereocenters. The van der Waals surface area contributed by atoms with Gasteiger partial charge in [0.1, 0.15) is 5.75 Å². The fourth-order valence-corrected chi connectivity index (χ4v) is 4.15. The van der Waals surface area contributed by atoms with Gasteiger partial charge in [-0.15, -0.1) is 0 Å². The third kappa shape index (κ3) is 3.12. The van der Waals surface area contributed by atoms with E-state index < -0.39 is 0 Å². The predicted octanol–water partition coefficient (Wildman–Crippen LogP) is 2.98. The molecular weight excluding hydrogens is 324 g/mol. The minimum absolute atomic E-state index is 0.00177. The van der Waals surface area contributed by atoms with Crippen LogP contribution in [0.25, 0.3) is 0 Å². The van der Waals surface area contributed by atoms with Crippen molar-refractivity contribution in [3.63, 3.8) is 0 Å². The van der Waals surface area contributed by atoms with Gasteiger partial charge in [0.15, 0.2) is 10.1 Å². The largest absolute Gasteiger partial charge is 0.487 e. The number of amides is 1. The number of benzene rings is 1. The summed E-state index contributed by atoms with van der Waals surface area (Å²) in [6.07, 6.45) is 1.20. The highest BCUT2D eigenvalue weighted by Crippen LogP contribution is 2.34. The first-order valence-corrected chi connectivity index (χ1v) is 8.98. The molecule has 0 saturated carbocycles. The fraction of sp³-hybridized carbons (Fsp3) is 0.389. The number of hydrogen-bond acceptors (Lipinski definition) is 5. The Morgan fingerprint density at radius 1 is 1.17 bits per heavy atom. The van der Waals surface area contributed by atoms with Crippen LogP contribution in [-0.2, 0) is 0 Å². The third-order valence-corrected chi connectivity index (χ3v) is 5.67. The number of ether oxygens (including phenoxy) is 2. The number of carbonyl (C=O) groups excluding carboxylic acids is 1. The molecule has 1 amide bonds. The fourth-order valence-electron chi connectivity index (χ4n) is 3.46. The third-order valence-electron chi connectivity index (χ3n) is 4.74. The maximum Gasteiger partial charge on any atom is 0.251 e. The molecule has 0 radical (unpaired) electrons. The quantitative estimate of drug-likeness (QED) is 0.906. The van der Waals surface area contributed by atoms with Gasteiger partial charge in [-0.3, -0.25) is 4.79 Å². The number of nitrogens with one attached hydrogen (secondary N) is 1. The summed E-state index contributed by atoms with van der Waals surface area (Å²) in [7, 11) is 1.64. The maximum absolute atomic E-state index is 12.4. The molecule has 1 N–H and O–H groups in total. The Balaban J connectivity index is 1.37. The molecule has 2 fully saturated rings. The van der Waals surface area contributed by atoms with Gasteiger partial charge in [0.2, 0.25) is 0 Å². The topological polar surface area (TPSA) is 50.8 Å². The lowest BCUT2D eigenvalue weighted by molar-refractivity contribution is 0.0924. The lowest BCUT2D eigenvalue weighted by Gasteiger charge is -2.23. The normalized spacial score (nSPS) is 24.8. The van der Waals surface area contributed by atoms with E-state index in [0.717, 1.165) is 23.2 Å². The summed E-state index contributed by atoms with van der Waals surface area (Å²) >= 11 is 1.44. The van der Waals surface area contributed by atoms with Gasteiger partial charge < -0.3 is 19.7 Å². The number of rotatable bonds is 5. The molecular formula is C18H20N2O3S. The zero-order valence-electron chi connectivity index (χ0n) is 13.5. The zero-order chi connectivity index (χ0) is 16.5. The predicted molar refractivity (Wildman–Crippen MR) is 93.2 cm³/mol. The zero-order valence-corrected chi connectivity index (χ0v) is 14.3. The second-order valence-corrected chi connectivity index (χ2v) is 7.30. The van der Waals surface area contributed by atoms with Crippen LogP contribution in [0.4, 0.5) is 0 Å². The van der Waals surface area contributed by atoms with Gasteiger partial charge in [0.25, 0.3) is 5.91 Å². The molecule has 2 aromatic rings. The van der Waals surface area contributed by atoms with Crippen molar-refractivity contribution in [1.29, 1.82) is 0 Å². The van der Waals surface area contributed by atoms with E-state index in [0.29, 0.717) is 23.3 Å². The van der Waals surface area contributed by atoms with Crippen molar-refractivity contribution in [2.75, 3.05) is 26.7 Å². The first kappa shape index (κ1) is 15.5. The molecule has 2 unspecified atom stereocenters. The highest BCUT2D eigenvalue weighted by atomic mass is 32.1. The van der Waals surface area contributed by atoms with Crippen LogP contribution in [-0.4, -0.2) is 43.6 Å². The van der Waals surface area contributed by atoms with Gasteiger partial charge >= 0.3 is 0 Å². The molecule has 0 aliphatic carbocycles. The molecule has 4 rings (SSSR count). The van der Waals surface area contributed by atoms with Crippen molar-refractivity contribution in [1.82, 2.24) is 10.2 Å². The first-order chi connectivity index (χ1) is 11.7.